The molecule has 2 N–H and O–H groups in total. The fourth-order valence-electron chi connectivity index (χ4n) is 2.39. The van der Waals surface area contributed by atoms with E-state index in [0.717, 1.165) is 36.6 Å². The third-order valence-electron chi connectivity index (χ3n) is 3.95. The lowest BCUT2D eigenvalue weighted by molar-refractivity contribution is 0.102. The average molecular weight is 342 g/mol. The normalized spacial score (nSPS) is 11.8. The molecule has 5 nitrogen and oxygen atoms in total. The smallest absolute Gasteiger partial charge is 0.255 e. The Bertz CT molecular complexity index is 671. The van der Waals surface area contributed by atoms with Crippen molar-refractivity contribution in [3.8, 4) is 5.75 Å². The monoisotopic (exact) mass is 342 g/mol. The number of methoxy groups -OCH3 is 2. The highest BCUT2D eigenvalue weighted by Gasteiger charge is 2.07. The van der Waals surface area contributed by atoms with Gasteiger partial charge in [0.1, 0.15) is 5.75 Å². The zero-order chi connectivity index (χ0) is 18.1. The third-order valence-corrected chi connectivity index (χ3v) is 3.95. The second-order valence-electron chi connectivity index (χ2n) is 5.95. The van der Waals surface area contributed by atoms with E-state index in [4.69, 9.17) is 9.47 Å². The van der Waals surface area contributed by atoms with Crippen LogP contribution in [0.15, 0.2) is 48.5 Å². The maximum atomic E-state index is 12.3. The van der Waals surface area contributed by atoms with E-state index in [1.807, 2.05) is 24.3 Å². The number of ether oxygens (including phenoxy) is 2. The predicted octanol–water partition coefficient (Wildman–Crippen LogP) is 3.46. The minimum atomic E-state index is -0.138. The van der Waals surface area contributed by atoms with Gasteiger partial charge in [-0.3, -0.25) is 4.79 Å². The molecule has 0 spiro atoms. The van der Waals surface area contributed by atoms with Crippen LogP contribution in [0, 0.1) is 0 Å². The first kappa shape index (κ1) is 19.0. The number of benzene rings is 2. The second-order valence-corrected chi connectivity index (χ2v) is 5.95. The van der Waals surface area contributed by atoms with Crippen molar-refractivity contribution in [1.29, 1.82) is 0 Å². The lowest BCUT2D eigenvalue weighted by atomic mass is 10.1. The number of carbonyl (C=O) groups excluding carboxylic acids is 1. The van der Waals surface area contributed by atoms with E-state index in [2.05, 4.69) is 17.6 Å². The second kappa shape index (κ2) is 9.81. The molecule has 5 heteroatoms. The lowest BCUT2D eigenvalue weighted by Gasteiger charge is -2.14. The summed E-state index contributed by atoms with van der Waals surface area (Å²) in [7, 11) is 3.31. The van der Waals surface area contributed by atoms with Crippen LogP contribution in [0.1, 0.15) is 29.3 Å². The summed E-state index contributed by atoms with van der Waals surface area (Å²) in [6.07, 6.45) is 0.963. The van der Waals surface area contributed by atoms with Crippen molar-refractivity contribution in [2.75, 3.05) is 26.1 Å². The summed E-state index contributed by atoms with van der Waals surface area (Å²) < 4.78 is 10.2. The van der Waals surface area contributed by atoms with E-state index in [1.165, 1.54) is 0 Å². The van der Waals surface area contributed by atoms with Crippen LogP contribution in [0.3, 0.4) is 0 Å². The fraction of sp³-hybridized carbons (Fsp3) is 0.350. The Labute approximate surface area is 149 Å². The van der Waals surface area contributed by atoms with Crippen molar-refractivity contribution in [2.24, 2.45) is 0 Å². The van der Waals surface area contributed by atoms with Crippen molar-refractivity contribution in [3.63, 3.8) is 0 Å². The number of anilines is 1. The first-order chi connectivity index (χ1) is 12.1. The van der Waals surface area contributed by atoms with Gasteiger partial charge in [-0.2, -0.15) is 0 Å². The molecule has 0 radical (unpaired) electrons. The summed E-state index contributed by atoms with van der Waals surface area (Å²) >= 11 is 0. The molecule has 0 aliphatic heterocycles. The van der Waals surface area contributed by atoms with E-state index in [-0.39, 0.29) is 5.91 Å². The van der Waals surface area contributed by atoms with Gasteiger partial charge in [0.25, 0.3) is 5.91 Å². The van der Waals surface area contributed by atoms with Gasteiger partial charge in [-0.05, 0) is 55.3 Å². The van der Waals surface area contributed by atoms with Gasteiger partial charge < -0.3 is 20.1 Å². The van der Waals surface area contributed by atoms with Gasteiger partial charge >= 0.3 is 0 Å². The molecule has 1 unspecified atom stereocenters. The SMILES string of the molecule is COCCC(C)NCc1cccc(NC(=O)c2ccc(OC)cc2)c1. The van der Waals surface area contributed by atoms with Crippen LogP contribution in [-0.4, -0.2) is 32.8 Å². The highest BCUT2D eigenvalue weighted by molar-refractivity contribution is 6.04. The molecule has 1 atom stereocenters. The number of hydrogen-bond donors (Lipinski definition) is 2. The quantitative estimate of drug-likeness (QED) is 0.733. The lowest BCUT2D eigenvalue weighted by Crippen LogP contribution is -2.26. The highest BCUT2D eigenvalue weighted by atomic mass is 16.5. The van der Waals surface area contributed by atoms with Gasteiger partial charge in [0, 0.05) is 37.6 Å². The maximum absolute atomic E-state index is 12.3. The number of amides is 1. The van der Waals surface area contributed by atoms with E-state index in [9.17, 15) is 4.79 Å². The molecule has 2 aromatic rings. The van der Waals surface area contributed by atoms with E-state index >= 15 is 0 Å². The van der Waals surface area contributed by atoms with Crippen molar-refractivity contribution in [1.82, 2.24) is 5.32 Å². The molecule has 0 fully saturated rings. The molecule has 1 amide bonds. The standard InChI is InChI=1S/C20H26N2O3/c1-15(11-12-24-2)21-14-16-5-4-6-18(13-16)22-20(23)17-7-9-19(25-3)10-8-17/h4-10,13,15,21H,11-12,14H2,1-3H3,(H,22,23). The number of nitrogens with one attached hydrogen (secondary N) is 2. The minimum Gasteiger partial charge on any atom is -0.497 e. The topological polar surface area (TPSA) is 59.6 Å². The average Bonchev–Trinajstić information content (AvgIpc) is 2.65. The van der Waals surface area contributed by atoms with Crippen LogP contribution in [0.5, 0.6) is 5.75 Å². The zero-order valence-electron chi connectivity index (χ0n) is 15.0. The van der Waals surface area contributed by atoms with Crippen molar-refractivity contribution in [3.05, 3.63) is 59.7 Å². The highest BCUT2D eigenvalue weighted by Crippen LogP contribution is 2.15. The Morgan fingerprint density at radius 3 is 2.56 bits per heavy atom. The molecular weight excluding hydrogens is 316 g/mol. The molecule has 0 saturated heterocycles. The van der Waals surface area contributed by atoms with E-state index < -0.39 is 0 Å². The molecule has 2 rings (SSSR count). The Hall–Kier alpha value is -2.37. The molecule has 134 valence electrons. The molecule has 0 aromatic heterocycles. The zero-order valence-corrected chi connectivity index (χ0v) is 15.0. The Morgan fingerprint density at radius 2 is 1.88 bits per heavy atom. The van der Waals surface area contributed by atoms with Crippen LogP contribution in [0.2, 0.25) is 0 Å². The Balaban J connectivity index is 1.92. The predicted molar refractivity (Wildman–Crippen MR) is 100 cm³/mol. The van der Waals surface area contributed by atoms with Gasteiger partial charge in [0.15, 0.2) is 0 Å². The van der Waals surface area contributed by atoms with Crippen LogP contribution < -0.4 is 15.4 Å². The first-order valence-electron chi connectivity index (χ1n) is 8.39. The Morgan fingerprint density at radius 1 is 1.12 bits per heavy atom. The maximum Gasteiger partial charge on any atom is 0.255 e. The summed E-state index contributed by atoms with van der Waals surface area (Å²) in [6, 6.07) is 15.3. The van der Waals surface area contributed by atoms with Crippen LogP contribution >= 0.6 is 0 Å². The molecule has 0 heterocycles. The molecule has 0 aliphatic rings. The van der Waals surface area contributed by atoms with Gasteiger partial charge in [-0.25, -0.2) is 0 Å². The van der Waals surface area contributed by atoms with Gasteiger partial charge in [-0.15, -0.1) is 0 Å². The van der Waals surface area contributed by atoms with Gasteiger partial charge in [0.05, 0.1) is 7.11 Å². The Kier molecular flexibility index (Phi) is 7.44. The van der Waals surface area contributed by atoms with Crippen LogP contribution in [0.4, 0.5) is 5.69 Å². The number of rotatable bonds is 9. The molecule has 0 saturated carbocycles. The summed E-state index contributed by atoms with van der Waals surface area (Å²) in [6.45, 7) is 3.62. The van der Waals surface area contributed by atoms with Crippen LogP contribution in [0.25, 0.3) is 0 Å². The number of carbonyl (C=O) groups is 1. The molecular formula is C20H26N2O3. The largest absolute Gasteiger partial charge is 0.497 e. The van der Waals surface area contributed by atoms with Crippen molar-refractivity contribution >= 4 is 11.6 Å². The minimum absolute atomic E-state index is 0.138. The summed E-state index contributed by atoms with van der Waals surface area (Å²) in [5, 5.41) is 6.38. The van der Waals surface area contributed by atoms with Gasteiger partial charge in [-0.1, -0.05) is 12.1 Å². The fourth-order valence-corrected chi connectivity index (χ4v) is 2.39. The summed E-state index contributed by atoms with van der Waals surface area (Å²) in [4.78, 5) is 12.3. The van der Waals surface area contributed by atoms with Crippen molar-refractivity contribution in [2.45, 2.75) is 25.9 Å². The first-order valence-corrected chi connectivity index (χ1v) is 8.39. The molecule has 0 bridgehead atoms. The van der Waals surface area contributed by atoms with Crippen LogP contribution in [-0.2, 0) is 11.3 Å². The summed E-state index contributed by atoms with van der Waals surface area (Å²) in [5.74, 6) is 0.591. The van der Waals surface area contributed by atoms with Gasteiger partial charge in [0.2, 0.25) is 0 Å². The molecule has 0 aliphatic carbocycles. The number of hydrogen-bond acceptors (Lipinski definition) is 4. The van der Waals surface area contributed by atoms with E-state index in [1.54, 1.807) is 38.5 Å². The van der Waals surface area contributed by atoms with E-state index in [0.29, 0.717) is 11.6 Å². The summed E-state index contributed by atoms with van der Waals surface area (Å²) in [5.41, 5.74) is 2.50. The third kappa shape index (κ3) is 6.21. The van der Waals surface area contributed by atoms with Crippen molar-refractivity contribution < 1.29 is 14.3 Å². The molecule has 2 aromatic carbocycles. The molecule has 25 heavy (non-hydrogen) atoms.